The molecule has 1 aliphatic rings. The van der Waals surface area contributed by atoms with Gasteiger partial charge in [0.2, 0.25) is 0 Å². The number of carbonyl (C=O) groups is 1. The lowest BCUT2D eigenvalue weighted by molar-refractivity contribution is 0.252. The number of rotatable bonds is 0. The summed E-state index contributed by atoms with van der Waals surface area (Å²) in [6.45, 7) is 1.88. The molecule has 0 bridgehead atoms. The fraction of sp³-hybridized carbons (Fsp3) is 0.0909. The average molecular weight is 231 g/mol. The van der Waals surface area contributed by atoms with E-state index in [0.29, 0.717) is 5.16 Å². The average Bonchev–Trinajstić information content (AvgIpc) is 2.57. The van der Waals surface area contributed by atoms with Crippen LogP contribution in [0.5, 0.6) is 0 Å². The number of amides is 1. The monoisotopic (exact) mass is 231 g/mol. The summed E-state index contributed by atoms with van der Waals surface area (Å²) in [7, 11) is 0. The lowest BCUT2D eigenvalue weighted by Crippen LogP contribution is -2.17. The summed E-state index contributed by atoms with van der Waals surface area (Å²) < 4.78 is 1.54. The minimum Gasteiger partial charge on any atom is -0.306 e. The van der Waals surface area contributed by atoms with E-state index in [9.17, 15) is 4.79 Å². The Morgan fingerprint density at radius 2 is 2.19 bits per heavy atom. The van der Waals surface area contributed by atoms with Crippen LogP contribution in [0.4, 0.5) is 10.5 Å². The van der Waals surface area contributed by atoms with Gasteiger partial charge in [-0.15, -0.1) is 0 Å². The maximum atomic E-state index is 11.9. The molecule has 1 aromatic heterocycles. The molecule has 0 saturated carbocycles. The first-order valence-electron chi connectivity index (χ1n) is 4.88. The summed E-state index contributed by atoms with van der Waals surface area (Å²) in [4.78, 5) is 17.2. The van der Waals surface area contributed by atoms with E-state index in [1.54, 1.807) is 10.8 Å². The third-order valence-electron chi connectivity index (χ3n) is 2.34. The highest BCUT2D eigenvalue weighted by molar-refractivity contribution is 7.99. The molecule has 2 aromatic rings. The highest BCUT2D eigenvalue weighted by Gasteiger charge is 2.20. The Morgan fingerprint density at radius 1 is 1.38 bits per heavy atom. The normalized spacial score (nSPS) is 13.7. The van der Waals surface area contributed by atoms with Crippen LogP contribution in [0, 0.1) is 6.92 Å². The van der Waals surface area contributed by atoms with E-state index in [4.69, 9.17) is 0 Å². The van der Waals surface area contributed by atoms with E-state index in [0.717, 1.165) is 16.3 Å². The molecular weight excluding hydrogens is 222 g/mol. The second-order valence-corrected chi connectivity index (χ2v) is 4.57. The van der Waals surface area contributed by atoms with Crippen LogP contribution in [-0.2, 0) is 0 Å². The molecule has 0 radical (unpaired) electrons. The molecule has 1 N–H and O–H groups in total. The third-order valence-corrected chi connectivity index (χ3v) is 3.39. The molecular formula is C11H9N3OS. The van der Waals surface area contributed by atoms with Gasteiger partial charge in [0.15, 0.2) is 5.16 Å². The highest BCUT2D eigenvalue weighted by Crippen LogP contribution is 2.35. The van der Waals surface area contributed by atoms with Gasteiger partial charge in [-0.1, -0.05) is 12.1 Å². The molecule has 0 aliphatic carbocycles. The predicted octanol–water partition coefficient (Wildman–Crippen LogP) is 2.74. The number of fused-ring (bicyclic) bond motifs is 2. The summed E-state index contributed by atoms with van der Waals surface area (Å²) in [6, 6.07) is 7.55. The van der Waals surface area contributed by atoms with Crippen molar-refractivity contribution in [3.05, 3.63) is 36.2 Å². The van der Waals surface area contributed by atoms with Crippen LogP contribution in [0.15, 0.2) is 40.5 Å². The number of nitrogens with zero attached hydrogens (tertiary/aromatic N) is 2. The van der Waals surface area contributed by atoms with Crippen molar-refractivity contribution in [2.75, 3.05) is 5.32 Å². The Hall–Kier alpha value is -1.75. The molecule has 1 aliphatic heterocycles. The van der Waals surface area contributed by atoms with Crippen LogP contribution in [0.3, 0.4) is 0 Å². The quantitative estimate of drug-likeness (QED) is 0.758. The van der Waals surface area contributed by atoms with E-state index in [1.165, 1.54) is 11.8 Å². The zero-order chi connectivity index (χ0) is 11.1. The first-order valence-corrected chi connectivity index (χ1v) is 5.70. The number of hydrogen-bond donors (Lipinski definition) is 1. The van der Waals surface area contributed by atoms with E-state index >= 15 is 0 Å². The van der Waals surface area contributed by atoms with E-state index in [1.807, 2.05) is 31.2 Å². The number of hydrogen-bond acceptors (Lipinski definition) is 3. The first-order chi connectivity index (χ1) is 7.74. The SMILES string of the molecule is Cc1cn2c(n1)Sc1ccccc1NC2=O. The molecule has 16 heavy (non-hydrogen) atoms. The fourth-order valence-corrected chi connectivity index (χ4v) is 2.62. The van der Waals surface area contributed by atoms with E-state index in [-0.39, 0.29) is 6.03 Å². The molecule has 3 rings (SSSR count). The Bertz CT molecular complexity index is 576. The van der Waals surface area contributed by atoms with Crippen molar-refractivity contribution in [1.29, 1.82) is 0 Å². The van der Waals surface area contributed by atoms with Crippen LogP contribution < -0.4 is 5.32 Å². The molecule has 80 valence electrons. The number of benzene rings is 1. The first kappa shape index (κ1) is 9.47. The maximum Gasteiger partial charge on any atom is 0.332 e. The van der Waals surface area contributed by atoms with Crippen LogP contribution in [0.25, 0.3) is 0 Å². The summed E-state index contributed by atoms with van der Waals surface area (Å²) >= 11 is 1.50. The number of para-hydroxylation sites is 1. The van der Waals surface area contributed by atoms with Gasteiger partial charge in [0.05, 0.1) is 11.4 Å². The van der Waals surface area contributed by atoms with Crippen LogP contribution in [0.1, 0.15) is 5.69 Å². The van der Waals surface area contributed by atoms with Gasteiger partial charge >= 0.3 is 6.03 Å². The van der Waals surface area contributed by atoms with Crippen LogP contribution >= 0.6 is 11.8 Å². The van der Waals surface area contributed by atoms with Gasteiger partial charge in [0.1, 0.15) is 0 Å². The summed E-state index contributed by atoms with van der Waals surface area (Å²) in [5.41, 5.74) is 1.68. The molecule has 0 unspecified atom stereocenters. The Balaban J connectivity index is 2.17. The second kappa shape index (κ2) is 3.38. The molecule has 4 nitrogen and oxygen atoms in total. The molecule has 0 fully saturated rings. The smallest absolute Gasteiger partial charge is 0.306 e. The van der Waals surface area contributed by atoms with Crippen molar-refractivity contribution < 1.29 is 4.79 Å². The Labute approximate surface area is 96.7 Å². The number of carbonyl (C=O) groups excluding carboxylic acids is 1. The standard InChI is InChI=1S/C11H9N3OS/c1-7-6-14-10(15)13-8-4-2-3-5-9(8)16-11(14)12-7/h2-6H,1H3,(H,13,15). The largest absolute Gasteiger partial charge is 0.332 e. The molecule has 0 atom stereocenters. The molecule has 1 amide bonds. The number of aryl methyl sites for hydroxylation is 1. The zero-order valence-electron chi connectivity index (χ0n) is 8.60. The van der Waals surface area contributed by atoms with E-state index in [2.05, 4.69) is 10.3 Å². The maximum absolute atomic E-state index is 11.9. The molecule has 1 aromatic carbocycles. The fourth-order valence-electron chi connectivity index (χ4n) is 1.63. The van der Waals surface area contributed by atoms with Gasteiger partial charge in [0, 0.05) is 11.1 Å². The Morgan fingerprint density at radius 3 is 3.06 bits per heavy atom. The minimum atomic E-state index is -0.159. The number of aromatic nitrogens is 2. The molecule has 0 saturated heterocycles. The number of anilines is 1. The lowest BCUT2D eigenvalue weighted by atomic mass is 10.3. The second-order valence-electron chi connectivity index (χ2n) is 3.56. The summed E-state index contributed by atoms with van der Waals surface area (Å²) in [6.07, 6.45) is 1.74. The summed E-state index contributed by atoms with van der Waals surface area (Å²) in [5.74, 6) is 0. The predicted molar refractivity (Wildman–Crippen MR) is 61.9 cm³/mol. The lowest BCUT2D eigenvalue weighted by Gasteiger charge is -2.03. The number of imidazole rings is 1. The van der Waals surface area contributed by atoms with Crippen LogP contribution in [-0.4, -0.2) is 15.6 Å². The van der Waals surface area contributed by atoms with Crippen molar-refractivity contribution in [3.63, 3.8) is 0 Å². The van der Waals surface area contributed by atoms with Crippen molar-refractivity contribution in [1.82, 2.24) is 9.55 Å². The molecule has 5 heteroatoms. The summed E-state index contributed by atoms with van der Waals surface area (Å²) in [5, 5.41) is 3.56. The topological polar surface area (TPSA) is 46.9 Å². The van der Waals surface area contributed by atoms with Crippen molar-refractivity contribution in [2.45, 2.75) is 17.0 Å². The zero-order valence-corrected chi connectivity index (χ0v) is 9.41. The highest BCUT2D eigenvalue weighted by atomic mass is 32.2. The van der Waals surface area contributed by atoms with E-state index < -0.39 is 0 Å². The minimum absolute atomic E-state index is 0.159. The molecule has 0 spiro atoms. The van der Waals surface area contributed by atoms with Gasteiger partial charge in [-0.05, 0) is 30.8 Å². The van der Waals surface area contributed by atoms with Crippen molar-refractivity contribution in [2.24, 2.45) is 0 Å². The number of nitrogens with one attached hydrogen (secondary N) is 1. The van der Waals surface area contributed by atoms with Gasteiger partial charge in [-0.3, -0.25) is 0 Å². The van der Waals surface area contributed by atoms with Gasteiger partial charge in [-0.2, -0.15) is 0 Å². The Kier molecular flexibility index (Phi) is 2.00. The van der Waals surface area contributed by atoms with Gasteiger partial charge < -0.3 is 5.32 Å². The molecule has 2 heterocycles. The van der Waals surface area contributed by atoms with Gasteiger partial charge in [-0.25, -0.2) is 14.3 Å². The third kappa shape index (κ3) is 1.40. The van der Waals surface area contributed by atoms with Crippen molar-refractivity contribution in [3.8, 4) is 0 Å². The van der Waals surface area contributed by atoms with Gasteiger partial charge in [0.25, 0.3) is 0 Å². The van der Waals surface area contributed by atoms with Crippen LogP contribution in [0.2, 0.25) is 0 Å². The van der Waals surface area contributed by atoms with Crippen molar-refractivity contribution >= 4 is 23.5 Å².